The van der Waals surface area contributed by atoms with Crippen LogP contribution in [0, 0.1) is 5.92 Å². The third-order valence-electron chi connectivity index (χ3n) is 10.4. The van der Waals surface area contributed by atoms with Crippen LogP contribution in [-0.4, -0.2) is 0 Å². The second-order valence-corrected chi connectivity index (χ2v) is 15.0. The fourth-order valence-electron chi connectivity index (χ4n) is 7.83. The number of benzene rings is 7. The molecular weight excluding hydrogens is 665 g/mol. The summed E-state index contributed by atoms with van der Waals surface area (Å²) in [6.07, 6.45) is 5.78. The van der Waals surface area contributed by atoms with Gasteiger partial charge in [-0.15, -0.1) is 11.3 Å². The van der Waals surface area contributed by atoms with Gasteiger partial charge in [-0.1, -0.05) is 104 Å². The largest absolute Gasteiger partial charge is 0.456 e. The van der Waals surface area contributed by atoms with E-state index >= 15 is 0 Å². The first-order valence-corrected chi connectivity index (χ1v) is 19.0. The van der Waals surface area contributed by atoms with Gasteiger partial charge in [0.25, 0.3) is 0 Å². The number of nitrogens with zero attached hydrogens (tertiary/aromatic N) is 2. The summed E-state index contributed by atoms with van der Waals surface area (Å²) in [6, 6.07) is 60.6. The Balaban J connectivity index is 1.17. The summed E-state index contributed by atoms with van der Waals surface area (Å²) >= 11 is 1.93. The molecule has 254 valence electrons. The zero-order valence-electron chi connectivity index (χ0n) is 29.3. The Morgan fingerprint density at radius 2 is 1.13 bits per heavy atom. The maximum absolute atomic E-state index is 6.59. The molecule has 1 unspecified atom stereocenters. The molecule has 53 heavy (non-hydrogen) atoms. The lowest BCUT2D eigenvalue weighted by Crippen LogP contribution is -2.10. The molecule has 2 aromatic heterocycles. The average Bonchev–Trinajstić information content (AvgIpc) is 3.77. The highest BCUT2D eigenvalue weighted by Gasteiger charge is 2.22. The van der Waals surface area contributed by atoms with Crippen molar-refractivity contribution in [2.75, 3.05) is 9.80 Å². The third-order valence-corrected chi connectivity index (χ3v) is 11.6. The van der Waals surface area contributed by atoms with Gasteiger partial charge in [-0.05, 0) is 114 Å². The van der Waals surface area contributed by atoms with E-state index in [1.807, 2.05) is 11.3 Å². The molecule has 0 radical (unpaired) electrons. The maximum Gasteiger partial charge on any atom is 0.137 e. The highest BCUT2D eigenvalue weighted by Crippen LogP contribution is 2.46. The van der Waals surface area contributed by atoms with E-state index < -0.39 is 0 Å². The molecule has 0 saturated heterocycles. The SMILES string of the molecule is CC1C=Cc2c(sc3ccc(N(c4ccc(-c5ccccc5)cc4)c4ccc5oc6cccc(N(c7ccccc7)c7ccccc7)c6c5c4)cc23)C1. The molecule has 4 heteroatoms. The lowest BCUT2D eigenvalue weighted by Gasteiger charge is -2.27. The first-order valence-electron chi connectivity index (χ1n) is 18.2. The standard InChI is InChI=1S/C49H36N2OS/c1-33-20-27-41-42-31-40(26-29-47(42)53-48(41)30-33)50(38-23-21-35(22-24-38)34-12-5-2-6-13-34)39-25-28-45-43(32-39)49-44(18-11-19-46(49)52-45)51(36-14-7-3-8-15-36)37-16-9-4-10-17-37/h2-29,31-33H,30H2,1H3. The van der Waals surface area contributed by atoms with Gasteiger partial charge in [0.2, 0.25) is 0 Å². The van der Waals surface area contributed by atoms with Crippen molar-refractivity contribution in [1.29, 1.82) is 0 Å². The van der Waals surface area contributed by atoms with Gasteiger partial charge < -0.3 is 14.2 Å². The number of thiophene rings is 1. The summed E-state index contributed by atoms with van der Waals surface area (Å²) in [5.74, 6) is 0.566. The third kappa shape index (κ3) is 5.60. The summed E-state index contributed by atoms with van der Waals surface area (Å²) in [5.41, 5.74) is 12.0. The fraction of sp³-hybridized carbons (Fsp3) is 0.0612. The second-order valence-electron chi connectivity index (χ2n) is 13.8. The van der Waals surface area contributed by atoms with Crippen LogP contribution in [0.4, 0.5) is 34.1 Å². The van der Waals surface area contributed by atoms with E-state index in [2.05, 4.69) is 199 Å². The average molecular weight is 701 g/mol. The molecule has 0 bridgehead atoms. The zero-order chi connectivity index (χ0) is 35.3. The van der Waals surface area contributed by atoms with E-state index in [9.17, 15) is 0 Å². The lowest BCUT2D eigenvalue weighted by atomic mass is 9.95. The maximum atomic E-state index is 6.59. The minimum atomic E-state index is 0.566. The number of allylic oxidation sites excluding steroid dienone is 1. The predicted molar refractivity (Wildman–Crippen MR) is 226 cm³/mol. The molecule has 0 N–H and O–H groups in total. The summed E-state index contributed by atoms with van der Waals surface area (Å²) in [4.78, 5) is 6.19. The number of anilines is 6. The van der Waals surface area contributed by atoms with Gasteiger partial charge >= 0.3 is 0 Å². The normalized spacial score (nSPS) is 13.8. The molecular formula is C49H36N2OS. The molecule has 3 nitrogen and oxygen atoms in total. The number of hydrogen-bond donors (Lipinski definition) is 0. The molecule has 0 aliphatic heterocycles. The van der Waals surface area contributed by atoms with Gasteiger partial charge in [0.05, 0.1) is 11.1 Å². The van der Waals surface area contributed by atoms with Crippen molar-refractivity contribution in [3.63, 3.8) is 0 Å². The number of para-hydroxylation sites is 2. The first kappa shape index (κ1) is 31.4. The number of furan rings is 1. The molecule has 0 fully saturated rings. The number of rotatable bonds is 7. The van der Waals surface area contributed by atoms with Crippen LogP contribution in [0.3, 0.4) is 0 Å². The van der Waals surface area contributed by atoms with E-state index in [1.54, 1.807) is 0 Å². The van der Waals surface area contributed by atoms with Crippen LogP contribution in [0.25, 0.3) is 49.2 Å². The highest BCUT2D eigenvalue weighted by molar-refractivity contribution is 7.19. The molecule has 1 atom stereocenters. The van der Waals surface area contributed by atoms with Crippen molar-refractivity contribution in [2.45, 2.75) is 13.3 Å². The van der Waals surface area contributed by atoms with Crippen molar-refractivity contribution in [1.82, 2.24) is 0 Å². The quantitative estimate of drug-likeness (QED) is 0.165. The molecule has 9 aromatic rings. The molecule has 0 saturated carbocycles. The highest BCUT2D eigenvalue weighted by atomic mass is 32.1. The molecule has 1 aliphatic carbocycles. The summed E-state index contributed by atoms with van der Waals surface area (Å²) < 4.78 is 7.93. The van der Waals surface area contributed by atoms with Crippen molar-refractivity contribution in [3.05, 3.63) is 186 Å². The first-order chi connectivity index (χ1) is 26.2. The van der Waals surface area contributed by atoms with Crippen molar-refractivity contribution >= 4 is 83.6 Å². The Morgan fingerprint density at radius 3 is 1.85 bits per heavy atom. The van der Waals surface area contributed by atoms with E-state index in [1.165, 1.54) is 31.7 Å². The minimum absolute atomic E-state index is 0.566. The topological polar surface area (TPSA) is 19.6 Å². The van der Waals surface area contributed by atoms with E-state index in [0.717, 1.165) is 62.5 Å². The molecule has 2 heterocycles. The van der Waals surface area contributed by atoms with Crippen LogP contribution in [0.2, 0.25) is 0 Å². The van der Waals surface area contributed by atoms with Crippen LogP contribution < -0.4 is 9.80 Å². The molecule has 10 rings (SSSR count). The van der Waals surface area contributed by atoms with Crippen LogP contribution in [-0.2, 0) is 6.42 Å². The molecule has 7 aromatic carbocycles. The second kappa shape index (κ2) is 13.0. The Labute approximate surface area is 313 Å². The van der Waals surface area contributed by atoms with Crippen LogP contribution in [0.1, 0.15) is 17.4 Å². The Bertz CT molecular complexity index is 2730. The van der Waals surface area contributed by atoms with E-state index in [4.69, 9.17) is 4.42 Å². The predicted octanol–water partition coefficient (Wildman–Crippen LogP) is 14.6. The molecule has 0 amide bonds. The minimum Gasteiger partial charge on any atom is -0.456 e. The van der Waals surface area contributed by atoms with Crippen molar-refractivity contribution < 1.29 is 4.42 Å². The van der Waals surface area contributed by atoms with E-state index in [-0.39, 0.29) is 0 Å². The molecule has 0 spiro atoms. The van der Waals surface area contributed by atoms with Gasteiger partial charge in [0, 0.05) is 48.8 Å². The smallest absolute Gasteiger partial charge is 0.137 e. The van der Waals surface area contributed by atoms with Gasteiger partial charge in [0.1, 0.15) is 11.2 Å². The number of fused-ring (bicyclic) bond motifs is 6. The van der Waals surface area contributed by atoms with Crippen LogP contribution in [0.15, 0.2) is 180 Å². The monoisotopic (exact) mass is 700 g/mol. The Hall–Kier alpha value is -6.36. The Kier molecular flexibility index (Phi) is 7.70. The fourth-order valence-corrected chi connectivity index (χ4v) is 9.15. The zero-order valence-corrected chi connectivity index (χ0v) is 30.1. The van der Waals surface area contributed by atoms with Gasteiger partial charge in [0.15, 0.2) is 0 Å². The van der Waals surface area contributed by atoms with Crippen molar-refractivity contribution in [3.8, 4) is 11.1 Å². The van der Waals surface area contributed by atoms with Crippen LogP contribution >= 0.6 is 11.3 Å². The van der Waals surface area contributed by atoms with Crippen molar-refractivity contribution in [2.24, 2.45) is 5.92 Å². The molecule has 1 aliphatic rings. The van der Waals surface area contributed by atoms with Gasteiger partial charge in [-0.2, -0.15) is 0 Å². The summed E-state index contributed by atoms with van der Waals surface area (Å²) in [6.45, 7) is 2.30. The van der Waals surface area contributed by atoms with E-state index in [0.29, 0.717) is 5.92 Å². The van der Waals surface area contributed by atoms with Gasteiger partial charge in [-0.25, -0.2) is 0 Å². The van der Waals surface area contributed by atoms with Gasteiger partial charge in [-0.3, -0.25) is 0 Å². The van der Waals surface area contributed by atoms with Crippen LogP contribution in [0.5, 0.6) is 0 Å². The Morgan fingerprint density at radius 1 is 0.528 bits per heavy atom. The lowest BCUT2D eigenvalue weighted by molar-refractivity contribution is 0.669. The summed E-state index contributed by atoms with van der Waals surface area (Å²) in [7, 11) is 0. The summed E-state index contributed by atoms with van der Waals surface area (Å²) in [5, 5.41) is 3.47. The number of hydrogen-bond acceptors (Lipinski definition) is 4.